The van der Waals surface area contributed by atoms with Crippen LogP contribution in [-0.2, 0) is 6.42 Å². The monoisotopic (exact) mass is 289 g/mol. The zero-order chi connectivity index (χ0) is 15.2. The Kier molecular flexibility index (Phi) is 6.10. The second-order valence-electron chi connectivity index (χ2n) is 6.77. The second-order valence-corrected chi connectivity index (χ2v) is 6.77. The molecule has 0 aliphatic heterocycles. The summed E-state index contributed by atoms with van der Waals surface area (Å²) in [4.78, 5) is 0. The lowest BCUT2D eigenvalue weighted by Crippen LogP contribution is -2.33. The highest BCUT2D eigenvalue weighted by molar-refractivity contribution is 5.37. The Balaban J connectivity index is 2.11. The molecule has 1 fully saturated rings. The largest absolute Gasteiger partial charge is 0.496 e. The highest BCUT2D eigenvalue weighted by Crippen LogP contribution is 2.37. The van der Waals surface area contributed by atoms with Crippen LogP contribution in [-0.4, -0.2) is 20.2 Å². The molecule has 2 rings (SSSR count). The molecular weight excluding hydrogens is 258 g/mol. The number of aryl methyl sites for hydroxylation is 1. The van der Waals surface area contributed by atoms with Gasteiger partial charge in [0.2, 0.25) is 0 Å². The Hall–Kier alpha value is -1.02. The van der Waals surface area contributed by atoms with Gasteiger partial charge in [-0.15, -0.1) is 0 Å². The Morgan fingerprint density at radius 1 is 1.24 bits per heavy atom. The summed E-state index contributed by atoms with van der Waals surface area (Å²) in [7, 11) is 1.79. The Morgan fingerprint density at radius 3 is 2.76 bits per heavy atom. The van der Waals surface area contributed by atoms with Crippen molar-refractivity contribution in [3.8, 4) is 5.75 Å². The van der Waals surface area contributed by atoms with Crippen LogP contribution in [0.2, 0.25) is 0 Å². The van der Waals surface area contributed by atoms with E-state index in [0.29, 0.717) is 0 Å². The maximum Gasteiger partial charge on any atom is 0.122 e. The lowest BCUT2D eigenvalue weighted by Gasteiger charge is -2.35. The van der Waals surface area contributed by atoms with Gasteiger partial charge in [0.15, 0.2) is 0 Å². The Labute approximate surface area is 130 Å². The first-order valence-electron chi connectivity index (χ1n) is 8.48. The Morgan fingerprint density at radius 2 is 2.05 bits per heavy atom. The van der Waals surface area contributed by atoms with Gasteiger partial charge in [-0.3, -0.25) is 0 Å². The summed E-state index contributed by atoms with van der Waals surface area (Å²) in [6.07, 6.45) is 5.27. The van der Waals surface area contributed by atoms with Gasteiger partial charge in [0.1, 0.15) is 5.75 Å². The first-order chi connectivity index (χ1) is 10.1. The van der Waals surface area contributed by atoms with E-state index < -0.39 is 0 Å². The quantitative estimate of drug-likeness (QED) is 0.847. The molecule has 1 aromatic carbocycles. The van der Waals surface area contributed by atoms with Gasteiger partial charge in [0.05, 0.1) is 7.11 Å². The van der Waals surface area contributed by atoms with Crippen molar-refractivity contribution in [3.05, 3.63) is 29.3 Å². The highest BCUT2D eigenvalue weighted by Gasteiger charge is 2.29. The zero-order valence-electron chi connectivity index (χ0n) is 14.1. The van der Waals surface area contributed by atoms with Crippen LogP contribution in [0.3, 0.4) is 0 Å². The lowest BCUT2D eigenvalue weighted by atomic mass is 9.72. The highest BCUT2D eigenvalue weighted by atomic mass is 16.5. The molecule has 118 valence electrons. The van der Waals surface area contributed by atoms with Crippen LogP contribution < -0.4 is 10.1 Å². The van der Waals surface area contributed by atoms with Crippen LogP contribution in [0.5, 0.6) is 5.75 Å². The van der Waals surface area contributed by atoms with Gasteiger partial charge in [0, 0.05) is 0 Å². The second kappa shape index (κ2) is 7.84. The van der Waals surface area contributed by atoms with E-state index >= 15 is 0 Å². The van der Waals surface area contributed by atoms with Crippen molar-refractivity contribution in [1.82, 2.24) is 5.32 Å². The van der Waals surface area contributed by atoms with Crippen LogP contribution in [0, 0.1) is 24.7 Å². The maximum absolute atomic E-state index is 5.57. The first-order valence-corrected chi connectivity index (χ1v) is 8.48. The summed E-state index contributed by atoms with van der Waals surface area (Å²) >= 11 is 0. The van der Waals surface area contributed by atoms with Crippen molar-refractivity contribution >= 4 is 0 Å². The van der Waals surface area contributed by atoms with E-state index in [1.54, 1.807) is 7.11 Å². The van der Waals surface area contributed by atoms with Gasteiger partial charge < -0.3 is 10.1 Å². The third-order valence-corrected chi connectivity index (χ3v) is 4.98. The number of methoxy groups -OCH3 is 1. The summed E-state index contributed by atoms with van der Waals surface area (Å²) in [5.74, 6) is 3.51. The topological polar surface area (TPSA) is 21.3 Å². The third kappa shape index (κ3) is 4.47. The van der Waals surface area contributed by atoms with Crippen LogP contribution in [0.25, 0.3) is 0 Å². The number of rotatable bonds is 6. The van der Waals surface area contributed by atoms with E-state index in [0.717, 1.165) is 36.5 Å². The molecule has 3 atom stereocenters. The maximum atomic E-state index is 5.57. The molecule has 0 aromatic heterocycles. The minimum Gasteiger partial charge on any atom is -0.496 e. The standard InChI is InChI=1S/C19H31NO/c1-5-20-13-16-8-6-14(2)10-17(16)12-18-11-15(3)7-9-19(18)21-4/h7,9,11,14,16-17,20H,5-6,8,10,12-13H2,1-4H3. The minimum absolute atomic E-state index is 0.781. The van der Waals surface area contributed by atoms with E-state index in [4.69, 9.17) is 4.74 Å². The van der Waals surface area contributed by atoms with Crippen molar-refractivity contribution in [3.63, 3.8) is 0 Å². The van der Waals surface area contributed by atoms with E-state index in [1.807, 2.05) is 0 Å². The van der Waals surface area contributed by atoms with Crippen molar-refractivity contribution in [2.75, 3.05) is 20.2 Å². The zero-order valence-corrected chi connectivity index (χ0v) is 14.1. The van der Waals surface area contributed by atoms with Crippen LogP contribution >= 0.6 is 0 Å². The third-order valence-electron chi connectivity index (χ3n) is 4.98. The molecular formula is C19H31NO. The molecule has 0 bridgehead atoms. The molecule has 2 heteroatoms. The van der Waals surface area contributed by atoms with E-state index in [2.05, 4.69) is 44.3 Å². The molecule has 1 aromatic rings. The molecule has 0 heterocycles. The number of benzene rings is 1. The van der Waals surface area contributed by atoms with Crippen LogP contribution in [0.15, 0.2) is 18.2 Å². The number of ether oxygens (including phenoxy) is 1. The Bertz CT molecular complexity index is 441. The molecule has 0 spiro atoms. The van der Waals surface area contributed by atoms with E-state index in [1.165, 1.54) is 36.9 Å². The van der Waals surface area contributed by atoms with Gasteiger partial charge in [0.25, 0.3) is 0 Å². The van der Waals surface area contributed by atoms with Gasteiger partial charge in [-0.2, -0.15) is 0 Å². The van der Waals surface area contributed by atoms with E-state index in [-0.39, 0.29) is 0 Å². The summed E-state index contributed by atoms with van der Waals surface area (Å²) < 4.78 is 5.57. The van der Waals surface area contributed by atoms with E-state index in [9.17, 15) is 0 Å². The predicted octanol–water partition coefficient (Wildman–Crippen LogP) is 4.21. The molecule has 1 aliphatic carbocycles. The van der Waals surface area contributed by atoms with Gasteiger partial charge in [-0.05, 0) is 68.7 Å². The molecule has 1 saturated carbocycles. The normalized spacial score (nSPS) is 25.8. The SMILES string of the molecule is CCNCC1CCC(C)CC1Cc1cc(C)ccc1OC. The summed E-state index contributed by atoms with van der Waals surface area (Å²) in [5.41, 5.74) is 2.72. The van der Waals surface area contributed by atoms with Crippen LogP contribution in [0.1, 0.15) is 44.2 Å². The average Bonchev–Trinajstić information content (AvgIpc) is 2.47. The molecule has 0 amide bonds. The number of hydrogen-bond donors (Lipinski definition) is 1. The van der Waals surface area contributed by atoms with Gasteiger partial charge in [-0.1, -0.05) is 38.0 Å². The van der Waals surface area contributed by atoms with Crippen molar-refractivity contribution in [1.29, 1.82) is 0 Å². The number of hydrogen-bond acceptors (Lipinski definition) is 2. The molecule has 0 radical (unpaired) electrons. The fourth-order valence-electron chi connectivity index (χ4n) is 3.76. The molecule has 2 nitrogen and oxygen atoms in total. The molecule has 1 aliphatic rings. The summed E-state index contributed by atoms with van der Waals surface area (Å²) in [5, 5.41) is 3.56. The average molecular weight is 289 g/mol. The van der Waals surface area contributed by atoms with Crippen molar-refractivity contribution in [2.24, 2.45) is 17.8 Å². The molecule has 3 unspecified atom stereocenters. The van der Waals surface area contributed by atoms with Crippen molar-refractivity contribution < 1.29 is 4.74 Å². The molecule has 21 heavy (non-hydrogen) atoms. The van der Waals surface area contributed by atoms with Gasteiger partial charge >= 0.3 is 0 Å². The van der Waals surface area contributed by atoms with Crippen molar-refractivity contribution in [2.45, 2.75) is 46.5 Å². The summed E-state index contributed by atoms with van der Waals surface area (Å²) in [6, 6.07) is 6.57. The number of nitrogens with one attached hydrogen (secondary N) is 1. The predicted molar refractivity (Wildman–Crippen MR) is 90.0 cm³/mol. The lowest BCUT2D eigenvalue weighted by molar-refractivity contribution is 0.183. The van der Waals surface area contributed by atoms with Crippen LogP contribution in [0.4, 0.5) is 0 Å². The van der Waals surface area contributed by atoms with Gasteiger partial charge in [-0.25, -0.2) is 0 Å². The smallest absolute Gasteiger partial charge is 0.122 e. The molecule has 1 N–H and O–H groups in total. The minimum atomic E-state index is 0.781. The summed E-state index contributed by atoms with van der Waals surface area (Å²) in [6.45, 7) is 9.02. The fourth-order valence-corrected chi connectivity index (χ4v) is 3.76. The molecule has 0 saturated heterocycles. The fraction of sp³-hybridized carbons (Fsp3) is 0.684. The first kappa shape index (κ1) is 16.4.